The molecule has 1 atom stereocenters. The highest BCUT2D eigenvalue weighted by atomic mass is 19.1. The van der Waals surface area contributed by atoms with Crippen molar-refractivity contribution in [1.82, 2.24) is 10.5 Å². The molecule has 6 nitrogen and oxygen atoms in total. The average Bonchev–Trinajstić information content (AvgIpc) is 3.21. The third-order valence-corrected chi connectivity index (χ3v) is 4.84. The van der Waals surface area contributed by atoms with Crippen LogP contribution in [0.3, 0.4) is 0 Å². The molecule has 0 fully saturated rings. The Balaban J connectivity index is 1.28. The van der Waals surface area contributed by atoms with Crippen molar-refractivity contribution in [3.8, 4) is 22.8 Å². The van der Waals surface area contributed by atoms with E-state index >= 15 is 0 Å². The number of rotatable bonds is 9. The number of nitrogens with zero attached hydrogens (tertiary/aromatic N) is 1. The molecule has 4 rings (SSSR count). The highest BCUT2D eigenvalue weighted by molar-refractivity contribution is 5.91. The van der Waals surface area contributed by atoms with Crippen molar-refractivity contribution in [1.29, 1.82) is 0 Å². The van der Waals surface area contributed by atoms with Crippen molar-refractivity contribution >= 4 is 10.9 Å². The maximum atomic E-state index is 13.3. The van der Waals surface area contributed by atoms with Crippen LogP contribution in [0, 0.1) is 5.82 Å². The summed E-state index contributed by atoms with van der Waals surface area (Å²) in [4.78, 5) is 0. The molecular formula is C24H23FN2O4. The fraction of sp³-hybridized carbons (Fsp3) is 0.208. The summed E-state index contributed by atoms with van der Waals surface area (Å²) < 4.78 is 29.6. The Morgan fingerprint density at radius 1 is 1.06 bits per heavy atom. The smallest absolute Gasteiger partial charge is 0.174 e. The summed E-state index contributed by atoms with van der Waals surface area (Å²) in [5, 5.41) is 18.0. The summed E-state index contributed by atoms with van der Waals surface area (Å²) in [5.74, 6) is 1.65. The number of aliphatic hydroxyl groups excluding tert-OH is 1. The van der Waals surface area contributed by atoms with Crippen molar-refractivity contribution in [2.24, 2.45) is 0 Å². The van der Waals surface area contributed by atoms with Gasteiger partial charge in [-0.15, -0.1) is 0 Å². The first-order valence-corrected chi connectivity index (χ1v) is 9.92. The zero-order chi connectivity index (χ0) is 21.6. The first-order chi connectivity index (χ1) is 15.1. The lowest BCUT2D eigenvalue weighted by molar-refractivity contribution is 0.106. The molecule has 0 bridgehead atoms. The molecule has 7 heteroatoms. The van der Waals surface area contributed by atoms with Crippen LogP contribution in [0.5, 0.6) is 11.5 Å². The number of fused-ring (bicyclic) bond motifs is 1. The Labute approximate surface area is 179 Å². The molecular weight excluding hydrogens is 399 g/mol. The lowest BCUT2D eigenvalue weighted by Crippen LogP contribution is -2.31. The summed E-state index contributed by atoms with van der Waals surface area (Å²) in [7, 11) is 1.63. The van der Waals surface area contributed by atoms with Crippen LogP contribution < -0.4 is 14.8 Å². The Morgan fingerprint density at radius 2 is 1.90 bits per heavy atom. The summed E-state index contributed by atoms with van der Waals surface area (Å²) in [6, 6.07) is 19.4. The number of nitrogens with one attached hydrogen (secondary N) is 1. The third kappa shape index (κ3) is 5.20. The van der Waals surface area contributed by atoms with Gasteiger partial charge < -0.3 is 24.4 Å². The minimum atomic E-state index is -0.654. The van der Waals surface area contributed by atoms with Crippen LogP contribution in [-0.4, -0.2) is 36.6 Å². The maximum absolute atomic E-state index is 13.3. The number of hydrogen-bond acceptors (Lipinski definition) is 6. The van der Waals surface area contributed by atoms with E-state index in [1.54, 1.807) is 25.3 Å². The van der Waals surface area contributed by atoms with Crippen LogP contribution >= 0.6 is 0 Å². The number of halogens is 1. The van der Waals surface area contributed by atoms with Crippen LogP contribution in [0.25, 0.3) is 22.2 Å². The van der Waals surface area contributed by atoms with Crippen molar-refractivity contribution in [3.63, 3.8) is 0 Å². The largest absolute Gasteiger partial charge is 0.497 e. The molecule has 0 aliphatic rings. The topological polar surface area (TPSA) is 76.8 Å². The van der Waals surface area contributed by atoms with Gasteiger partial charge in [-0.25, -0.2) is 4.39 Å². The number of hydrogen-bond donors (Lipinski definition) is 2. The zero-order valence-corrected chi connectivity index (χ0v) is 17.0. The van der Waals surface area contributed by atoms with Gasteiger partial charge in [0.05, 0.1) is 7.11 Å². The second-order valence-electron chi connectivity index (χ2n) is 7.14. The summed E-state index contributed by atoms with van der Waals surface area (Å²) in [6.45, 7) is 1.18. The highest BCUT2D eigenvalue weighted by Crippen LogP contribution is 2.30. The van der Waals surface area contributed by atoms with Gasteiger partial charge in [0.25, 0.3) is 0 Å². The van der Waals surface area contributed by atoms with E-state index in [0.717, 1.165) is 22.3 Å². The molecule has 0 radical (unpaired) electrons. The van der Waals surface area contributed by atoms with E-state index in [1.165, 1.54) is 12.1 Å². The van der Waals surface area contributed by atoms with Gasteiger partial charge in [0, 0.05) is 30.1 Å². The summed E-state index contributed by atoms with van der Waals surface area (Å²) in [5.41, 5.74) is 2.35. The number of aromatic nitrogens is 1. The second kappa shape index (κ2) is 9.59. The summed E-state index contributed by atoms with van der Waals surface area (Å²) >= 11 is 0. The Bertz CT molecular complexity index is 1140. The maximum Gasteiger partial charge on any atom is 0.174 e. The number of ether oxygens (including phenoxy) is 2. The van der Waals surface area contributed by atoms with E-state index in [1.807, 2.05) is 36.4 Å². The molecule has 0 spiro atoms. The van der Waals surface area contributed by atoms with Gasteiger partial charge in [-0.2, -0.15) is 0 Å². The molecule has 31 heavy (non-hydrogen) atoms. The van der Waals surface area contributed by atoms with Crippen molar-refractivity contribution in [2.75, 3.05) is 20.3 Å². The minimum Gasteiger partial charge on any atom is -0.497 e. The van der Waals surface area contributed by atoms with Crippen LogP contribution in [0.15, 0.2) is 71.3 Å². The van der Waals surface area contributed by atoms with E-state index in [2.05, 4.69) is 10.5 Å². The monoisotopic (exact) mass is 422 g/mol. The first kappa shape index (κ1) is 20.8. The van der Waals surface area contributed by atoms with Crippen LogP contribution in [-0.2, 0) is 6.54 Å². The predicted octanol–water partition coefficient (Wildman–Crippen LogP) is 4.17. The van der Waals surface area contributed by atoms with Gasteiger partial charge in [0.2, 0.25) is 0 Å². The molecule has 2 N–H and O–H groups in total. The van der Waals surface area contributed by atoms with Gasteiger partial charge in [-0.1, -0.05) is 17.3 Å². The number of aliphatic hydroxyl groups is 1. The normalized spacial score (nSPS) is 12.1. The highest BCUT2D eigenvalue weighted by Gasteiger charge is 2.12. The fourth-order valence-corrected chi connectivity index (χ4v) is 3.24. The van der Waals surface area contributed by atoms with E-state index in [-0.39, 0.29) is 12.4 Å². The molecule has 0 aliphatic heterocycles. The molecule has 0 saturated heterocycles. The quantitative estimate of drug-likeness (QED) is 0.422. The molecule has 160 valence electrons. The zero-order valence-electron chi connectivity index (χ0n) is 17.0. The molecule has 1 aromatic heterocycles. The summed E-state index contributed by atoms with van der Waals surface area (Å²) in [6.07, 6.45) is -0.654. The van der Waals surface area contributed by atoms with Crippen molar-refractivity contribution in [3.05, 3.63) is 78.1 Å². The SMILES string of the molecule is COc1cccc(CNCC(O)COc2ccc(-c3onc4cc(F)ccc34)cc2)c1. The Kier molecular flexibility index (Phi) is 6.45. The van der Waals surface area contributed by atoms with Gasteiger partial charge in [0.15, 0.2) is 5.76 Å². The van der Waals surface area contributed by atoms with Crippen LogP contribution in [0.2, 0.25) is 0 Å². The van der Waals surface area contributed by atoms with Crippen LogP contribution in [0.4, 0.5) is 4.39 Å². The average molecular weight is 422 g/mol. The van der Waals surface area contributed by atoms with Gasteiger partial charge in [-0.3, -0.25) is 0 Å². The van der Waals surface area contributed by atoms with Gasteiger partial charge >= 0.3 is 0 Å². The molecule has 0 aliphatic carbocycles. The second-order valence-corrected chi connectivity index (χ2v) is 7.14. The van der Waals surface area contributed by atoms with E-state index in [9.17, 15) is 9.50 Å². The molecule has 0 saturated carbocycles. The molecule has 0 amide bonds. The molecule has 4 aromatic rings. The fourth-order valence-electron chi connectivity index (χ4n) is 3.24. The van der Waals surface area contributed by atoms with Crippen LogP contribution in [0.1, 0.15) is 5.56 Å². The lowest BCUT2D eigenvalue weighted by atomic mass is 10.1. The first-order valence-electron chi connectivity index (χ1n) is 9.92. The van der Waals surface area contributed by atoms with Crippen molar-refractivity contribution in [2.45, 2.75) is 12.6 Å². The standard InChI is InChI=1S/C24H23FN2O4/c1-29-21-4-2-3-16(11-21)13-26-14-19(28)15-30-20-8-5-17(6-9-20)24-22-10-7-18(25)12-23(22)27-31-24/h2-12,19,26,28H,13-15H2,1H3. The molecule has 1 heterocycles. The minimum absolute atomic E-state index is 0.162. The Hall–Kier alpha value is -3.42. The third-order valence-electron chi connectivity index (χ3n) is 4.84. The van der Waals surface area contributed by atoms with Gasteiger partial charge in [0.1, 0.15) is 35.5 Å². The molecule has 3 aromatic carbocycles. The number of benzene rings is 3. The van der Waals surface area contributed by atoms with E-state index in [0.29, 0.717) is 30.1 Å². The lowest BCUT2D eigenvalue weighted by Gasteiger charge is -2.14. The Morgan fingerprint density at radius 3 is 2.71 bits per heavy atom. The predicted molar refractivity (Wildman–Crippen MR) is 116 cm³/mol. The van der Waals surface area contributed by atoms with E-state index in [4.69, 9.17) is 14.0 Å². The number of methoxy groups -OCH3 is 1. The van der Waals surface area contributed by atoms with Crippen molar-refractivity contribution < 1.29 is 23.5 Å². The van der Waals surface area contributed by atoms with Gasteiger partial charge in [-0.05, 0) is 54.1 Å². The molecule has 1 unspecified atom stereocenters. The van der Waals surface area contributed by atoms with E-state index < -0.39 is 6.10 Å².